The predicted octanol–water partition coefficient (Wildman–Crippen LogP) is 4.87. The van der Waals surface area contributed by atoms with Crippen LogP contribution in [-0.4, -0.2) is 49.6 Å². The second kappa shape index (κ2) is 10.7. The van der Waals surface area contributed by atoms with Gasteiger partial charge in [-0.2, -0.15) is 0 Å². The van der Waals surface area contributed by atoms with Crippen LogP contribution < -0.4 is 9.64 Å². The molecular weight excluding hydrogens is 436 g/mol. The molecule has 0 spiro atoms. The average Bonchev–Trinajstić information content (AvgIpc) is 3.09. The van der Waals surface area contributed by atoms with Crippen LogP contribution >= 0.6 is 35.3 Å². The highest BCUT2D eigenvalue weighted by atomic mass is 35.5. The number of hydrogen-bond acceptors (Lipinski definition) is 5. The van der Waals surface area contributed by atoms with Gasteiger partial charge >= 0.3 is 0 Å². The lowest BCUT2D eigenvalue weighted by atomic mass is 10.3. The number of fused-ring (bicyclic) bond motifs is 1. The number of anilines is 1. The molecular formula is C20H22Cl2FN3O2S. The summed E-state index contributed by atoms with van der Waals surface area (Å²) in [6, 6.07) is 11.6. The Morgan fingerprint density at radius 1 is 1.17 bits per heavy atom. The summed E-state index contributed by atoms with van der Waals surface area (Å²) in [6.07, 6.45) is 0.766. The molecule has 0 atom stereocenters. The van der Waals surface area contributed by atoms with E-state index in [0.717, 1.165) is 17.7 Å². The number of para-hydroxylation sites is 2. The van der Waals surface area contributed by atoms with Crippen molar-refractivity contribution in [3.63, 3.8) is 0 Å². The summed E-state index contributed by atoms with van der Waals surface area (Å²) in [5.74, 6) is -0.727. The van der Waals surface area contributed by atoms with Crippen LogP contribution in [0.25, 0.3) is 10.2 Å². The molecule has 29 heavy (non-hydrogen) atoms. The number of carbonyl (C=O) groups excluding carboxylic acids is 1. The maximum absolute atomic E-state index is 13.8. The molecule has 3 aromatic rings. The average molecular weight is 458 g/mol. The van der Waals surface area contributed by atoms with Gasteiger partial charge in [0.05, 0.1) is 9.72 Å². The highest BCUT2D eigenvalue weighted by molar-refractivity contribution is 7.22. The van der Waals surface area contributed by atoms with Gasteiger partial charge in [-0.25, -0.2) is 9.37 Å². The number of carbonyl (C=O) groups is 1. The van der Waals surface area contributed by atoms with E-state index < -0.39 is 5.82 Å². The van der Waals surface area contributed by atoms with E-state index >= 15 is 0 Å². The van der Waals surface area contributed by atoms with E-state index in [1.54, 1.807) is 23.1 Å². The normalized spacial score (nSPS) is 10.8. The Labute approximate surface area is 184 Å². The van der Waals surface area contributed by atoms with Crippen molar-refractivity contribution in [3.05, 3.63) is 53.3 Å². The van der Waals surface area contributed by atoms with E-state index in [2.05, 4.69) is 4.98 Å². The highest BCUT2D eigenvalue weighted by Crippen LogP contribution is 2.33. The number of aromatic nitrogens is 1. The Bertz CT molecular complexity index is 968. The molecule has 0 N–H and O–H groups in total. The van der Waals surface area contributed by atoms with Gasteiger partial charge < -0.3 is 9.64 Å². The first-order valence-electron chi connectivity index (χ1n) is 8.83. The number of ether oxygens (including phenoxy) is 1. The summed E-state index contributed by atoms with van der Waals surface area (Å²) >= 11 is 7.62. The molecule has 0 aliphatic rings. The molecule has 9 heteroatoms. The van der Waals surface area contributed by atoms with Gasteiger partial charge in [-0.15, -0.1) is 12.4 Å². The fraction of sp³-hybridized carbons (Fsp3) is 0.300. The maximum Gasteiger partial charge on any atom is 0.266 e. The zero-order valence-electron chi connectivity index (χ0n) is 16.1. The largest absolute Gasteiger partial charge is 0.481 e. The van der Waals surface area contributed by atoms with Crippen LogP contribution in [0.15, 0.2) is 42.5 Å². The SMILES string of the molecule is CN(C)CCCN(C(=O)COc1ccccc1F)c1nc2c(Cl)cccc2s1.Cl. The quantitative estimate of drug-likeness (QED) is 0.483. The van der Waals surface area contributed by atoms with Crippen LogP contribution in [-0.2, 0) is 4.79 Å². The molecule has 0 unspecified atom stereocenters. The second-order valence-electron chi connectivity index (χ2n) is 6.50. The summed E-state index contributed by atoms with van der Waals surface area (Å²) in [5, 5.41) is 1.10. The molecule has 3 rings (SSSR count). The van der Waals surface area contributed by atoms with Gasteiger partial charge in [0.2, 0.25) is 0 Å². The first-order chi connectivity index (χ1) is 13.5. The maximum atomic E-state index is 13.8. The fourth-order valence-electron chi connectivity index (χ4n) is 2.67. The molecule has 2 aromatic carbocycles. The lowest BCUT2D eigenvalue weighted by molar-refractivity contribution is -0.120. The number of thiazole rings is 1. The van der Waals surface area contributed by atoms with E-state index in [4.69, 9.17) is 16.3 Å². The van der Waals surface area contributed by atoms with E-state index in [-0.39, 0.29) is 30.7 Å². The van der Waals surface area contributed by atoms with Crippen molar-refractivity contribution >= 4 is 56.6 Å². The van der Waals surface area contributed by atoms with Crippen molar-refractivity contribution < 1.29 is 13.9 Å². The predicted molar refractivity (Wildman–Crippen MR) is 119 cm³/mol. The molecule has 0 bridgehead atoms. The Kier molecular flexibility index (Phi) is 8.64. The van der Waals surface area contributed by atoms with Crippen molar-refractivity contribution in [2.24, 2.45) is 0 Å². The van der Waals surface area contributed by atoms with Gasteiger partial charge in [-0.1, -0.05) is 41.1 Å². The van der Waals surface area contributed by atoms with Gasteiger partial charge in [0.1, 0.15) is 5.52 Å². The zero-order chi connectivity index (χ0) is 20.1. The summed E-state index contributed by atoms with van der Waals surface area (Å²) < 4.78 is 20.1. The van der Waals surface area contributed by atoms with Crippen molar-refractivity contribution in [2.75, 3.05) is 38.7 Å². The molecule has 1 heterocycles. The number of nitrogens with zero attached hydrogens (tertiary/aromatic N) is 3. The summed E-state index contributed by atoms with van der Waals surface area (Å²) in [5.41, 5.74) is 0.671. The van der Waals surface area contributed by atoms with Gasteiger partial charge in [0, 0.05) is 6.54 Å². The van der Waals surface area contributed by atoms with Gasteiger partial charge in [0.25, 0.3) is 5.91 Å². The number of amides is 1. The summed E-state index contributed by atoms with van der Waals surface area (Å²) in [6.45, 7) is 1.03. The van der Waals surface area contributed by atoms with Crippen LogP contribution in [0.1, 0.15) is 6.42 Å². The minimum absolute atomic E-state index is 0. The first kappa shape index (κ1) is 23.3. The molecule has 0 aliphatic carbocycles. The zero-order valence-corrected chi connectivity index (χ0v) is 18.5. The van der Waals surface area contributed by atoms with E-state index in [0.29, 0.717) is 22.2 Å². The van der Waals surface area contributed by atoms with Crippen molar-refractivity contribution in [1.82, 2.24) is 9.88 Å². The molecule has 0 aliphatic heterocycles. The highest BCUT2D eigenvalue weighted by Gasteiger charge is 2.21. The Balaban J connectivity index is 0.00000300. The smallest absolute Gasteiger partial charge is 0.266 e. The summed E-state index contributed by atoms with van der Waals surface area (Å²) in [7, 11) is 3.95. The third kappa shape index (κ3) is 6.02. The fourth-order valence-corrected chi connectivity index (χ4v) is 3.98. The van der Waals surface area contributed by atoms with Crippen LogP contribution in [0.2, 0.25) is 5.02 Å². The minimum atomic E-state index is -0.499. The number of halogens is 3. The molecule has 0 radical (unpaired) electrons. The van der Waals surface area contributed by atoms with E-state index in [9.17, 15) is 9.18 Å². The van der Waals surface area contributed by atoms with Gasteiger partial charge in [0.15, 0.2) is 23.3 Å². The van der Waals surface area contributed by atoms with E-state index in [1.165, 1.54) is 23.5 Å². The van der Waals surface area contributed by atoms with Crippen LogP contribution in [0, 0.1) is 5.82 Å². The molecule has 0 saturated carbocycles. The standard InChI is InChI=1S/C20H21ClFN3O2S.ClH/c1-24(2)11-6-12-25(18(26)13-27-16-9-4-3-8-15(16)22)20-23-19-14(21)7-5-10-17(19)28-20;/h3-5,7-10H,6,11-13H2,1-2H3;1H. The molecule has 0 saturated heterocycles. The lowest BCUT2D eigenvalue weighted by Gasteiger charge is -2.21. The van der Waals surface area contributed by atoms with Crippen molar-refractivity contribution in [1.29, 1.82) is 0 Å². The van der Waals surface area contributed by atoms with Gasteiger partial charge in [-0.3, -0.25) is 9.69 Å². The Morgan fingerprint density at radius 2 is 1.93 bits per heavy atom. The van der Waals surface area contributed by atoms with Crippen LogP contribution in [0.4, 0.5) is 9.52 Å². The molecule has 1 aromatic heterocycles. The Hall–Kier alpha value is -1.93. The van der Waals surface area contributed by atoms with Crippen molar-refractivity contribution in [2.45, 2.75) is 6.42 Å². The monoisotopic (exact) mass is 457 g/mol. The lowest BCUT2D eigenvalue weighted by Crippen LogP contribution is -2.37. The molecule has 0 fully saturated rings. The number of benzene rings is 2. The molecule has 1 amide bonds. The Morgan fingerprint density at radius 3 is 2.62 bits per heavy atom. The topological polar surface area (TPSA) is 45.7 Å². The second-order valence-corrected chi connectivity index (χ2v) is 7.92. The van der Waals surface area contributed by atoms with Crippen LogP contribution in [0.5, 0.6) is 5.75 Å². The third-order valence-electron chi connectivity index (χ3n) is 4.07. The molecule has 5 nitrogen and oxygen atoms in total. The third-order valence-corrected chi connectivity index (χ3v) is 5.41. The number of hydrogen-bond donors (Lipinski definition) is 0. The minimum Gasteiger partial charge on any atom is -0.481 e. The van der Waals surface area contributed by atoms with Gasteiger partial charge in [-0.05, 0) is 51.3 Å². The summed E-state index contributed by atoms with van der Waals surface area (Å²) in [4.78, 5) is 21.1. The van der Waals surface area contributed by atoms with Crippen LogP contribution in [0.3, 0.4) is 0 Å². The first-order valence-corrected chi connectivity index (χ1v) is 10.0. The van der Waals surface area contributed by atoms with E-state index in [1.807, 2.05) is 31.1 Å². The molecule has 156 valence electrons. The number of rotatable bonds is 8. The van der Waals surface area contributed by atoms with Crippen molar-refractivity contribution in [3.8, 4) is 5.75 Å².